The number of rotatable bonds is 11. The number of carbonyl (C=O) groups is 4. The van der Waals surface area contributed by atoms with Crippen LogP contribution in [0.2, 0.25) is 0 Å². The second kappa shape index (κ2) is 11.3. The molecule has 1 saturated heterocycles. The molecular weight excluding hydrogens is 474 g/mol. The minimum Gasteiger partial charge on any atom is -0.459 e. The Labute approximate surface area is 216 Å². The highest BCUT2D eigenvalue weighted by atomic mass is 16.6. The fourth-order valence-electron chi connectivity index (χ4n) is 4.68. The van der Waals surface area contributed by atoms with Gasteiger partial charge in [-0.05, 0) is 54.0 Å². The molecule has 37 heavy (non-hydrogen) atoms. The van der Waals surface area contributed by atoms with Gasteiger partial charge in [0.25, 0.3) is 5.91 Å². The van der Waals surface area contributed by atoms with Crippen molar-refractivity contribution in [2.24, 2.45) is 23.5 Å². The molecule has 9 heteroatoms. The number of hydrogen-bond acceptors (Lipinski definition) is 7. The average molecular weight is 510 g/mol. The molecule has 198 valence electrons. The van der Waals surface area contributed by atoms with Gasteiger partial charge < -0.3 is 25.8 Å². The minimum absolute atomic E-state index is 0.0200. The Balaban J connectivity index is 1.33. The van der Waals surface area contributed by atoms with Crippen molar-refractivity contribution in [2.75, 3.05) is 0 Å². The van der Waals surface area contributed by atoms with Crippen molar-refractivity contribution in [3.63, 3.8) is 0 Å². The molecule has 0 bridgehead atoms. The predicted octanol–water partition coefficient (Wildman–Crippen LogP) is 2.20. The number of amides is 2. The molecule has 4 rings (SSSR count). The highest BCUT2D eigenvalue weighted by Gasteiger charge is 2.51. The zero-order valence-electron chi connectivity index (χ0n) is 21.4. The Morgan fingerprint density at radius 2 is 1.86 bits per heavy atom. The molecule has 0 spiro atoms. The highest BCUT2D eigenvalue weighted by molar-refractivity contribution is 5.94. The van der Waals surface area contributed by atoms with Gasteiger partial charge in [-0.25, -0.2) is 4.79 Å². The van der Waals surface area contributed by atoms with Gasteiger partial charge in [-0.2, -0.15) is 0 Å². The lowest BCUT2D eigenvalue weighted by atomic mass is 9.83. The summed E-state index contributed by atoms with van der Waals surface area (Å²) in [5, 5.41) is 7.75. The second-order valence-corrected chi connectivity index (χ2v) is 10.3. The summed E-state index contributed by atoms with van der Waals surface area (Å²) in [6.45, 7) is 5.52. The lowest BCUT2D eigenvalue weighted by Crippen LogP contribution is -2.56. The van der Waals surface area contributed by atoms with Crippen molar-refractivity contribution in [2.45, 2.75) is 70.9 Å². The summed E-state index contributed by atoms with van der Waals surface area (Å²) in [5.41, 5.74) is 6.53. The number of fused-ring (bicyclic) bond motifs is 1. The van der Waals surface area contributed by atoms with Crippen molar-refractivity contribution < 1.29 is 28.7 Å². The maximum Gasteiger partial charge on any atom is 0.328 e. The monoisotopic (exact) mass is 509 g/mol. The van der Waals surface area contributed by atoms with Gasteiger partial charge in [0.15, 0.2) is 6.10 Å². The van der Waals surface area contributed by atoms with E-state index in [1.54, 1.807) is 6.92 Å². The number of benzene rings is 2. The van der Waals surface area contributed by atoms with Gasteiger partial charge in [0.05, 0.1) is 6.04 Å². The first kappa shape index (κ1) is 26.6. The van der Waals surface area contributed by atoms with Crippen molar-refractivity contribution in [1.29, 1.82) is 0 Å². The van der Waals surface area contributed by atoms with Gasteiger partial charge in [0, 0.05) is 6.04 Å². The van der Waals surface area contributed by atoms with E-state index < -0.39 is 36.0 Å². The molecule has 1 saturated carbocycles. The van der Waals surface area contributed by atoms with Crippen LogP contribution in [0.25, 0.3) is 10.8 Å². The fourth-order valence-corrected chi connectivity index (χ4v) is 4.68. The van der Waals surface area contributed by atoms with Crippen LogP contribution in [-0.4, -0.2) is 48.0 Å². The minimum atomic E-state index is -0.889. The summed E-state index contributed by atoms with van der Waals surface area (Å²) in [4.78, 5) is 49.7. The molecule has 7 unspecified atom stereocenters. The average Bonchev–Trinajstić information content (AvgIpc) is 3.61. The zero-order valence-corrected chi connectivity index (χ0v) is 21.4. The van der Waals surface area contributed by atoms with E-state index in [0.717, 1.165) is 22.8 Å². The van der Waals surface area contributed by atoms with Crippen LogP contribution in [0.1, 0.15) is 45.6 Å². The summed E-state index contributed by atoms with van der Waals surface area (Å²) in [5.74, 6) is -2.04. The van der Waals surface area contributed by atoms with Gasteiger partial charge in [0.1, 0.15) is 18.6 Å². The Kier molecular flexibility index (Phi) is 8.12. The van der Waals surface area contributed by atoms with Crippen molar-refractivity contribution in [3.8, 4) is 0 Å². The van der Waals surface area contributed by atoms with E-state index in [1.165, 1.54) is 0 Å². The van der Waals surface area contributed by atoms with Crippen LogP contribution in [0.5, 0.6) is 0 Å². The zero-order chi connectivity index (χ0) is 26.7. The van der Waals surface area contributed by atoms with Gasteiger partial charge >= 0.3 is 11.9 Å². The first-order chi connectivity index (χ1) is 17.7. The molecule has 1 aliphatic heterocycles. The number of cyclic esters (lactones) is 1. The molecule has 2 aromatic rings. The quantitative estimate of drug-likeness (QED) is 0.395. The molecule has 2 fully saturated rings. The summed E-state index contributed by atoms with van der Waals surface area (Å²) < 4.78 is 10.7. The second-order valence-electron chi connectivity index (χ2n) is 10.3. The van der Waals surface area contributed by atoms with E-state index >= 15 is 0 Å². The van der Waals surface area contributed by atoms with E-state index in [-0.39, 0.29) is 36.4 Å². The number of carbonyl (C=O) groups excluding carboxylic acids is 4. The van der Waals surface area contributed by atoms with Crippen LogP contribution in [0.15, 0.2) is 42.5 Å². The maximum absolute atomic E-state index is 13.0. The Morgan fingerprint density at radius 1 is 1.14 bits per heavy atom. The van der Waals surface area contributed by atoms with Gasteiger partial charge in [0.2, 0.25) is 5.91 Å². The number of esters is 2. The van der Waals surface area contributed by atoms with Crippen LogP contribution in [-0.2, 0) is 35.3 Å². The maximum atomic E-state index is 13.0. The predicted molar refractivity (Wildman–Crippen MR) is 137 cm³/mol. The third-order valence-electron chi connectivity index (χ3n) is 7.36. The standard InChI is InChI=1S/C28H35N3O6/c1-4-15(2)23-24(37-28(23)35)26(33)30-21-12-20(21)13-22(31-25(32)16(3)29)27(34)36-14-17-9-10-18-7-5-6-8-19(18)11-17/h5-11,15-16,20-24H,4,12-14,29H2,1-3H3,(H,30,33)(H,31,32). The molecule has 9 nitrogen and oxygen atoms in total. The largest absolute Gasteiger partial charge is 0.459 e. The normalized spacial score (nSPS) is 24.7. The van der Waals surface area contributed by atoms with Crippen LogP contribution < -0.4 is 16.4 Å². The van der Waals surface area contributed by atoms with Crippen LogP contribution in [0.3, 0.4) is 0 Å². The molecule has 0 aromatic heterocycles. The van der Waals surface area contributed by atoms with Crippen molar-refractivity contribution in [1.82, 2.24) is 10.6 Å². The lowest BCUT2D eigenvalue weighted by molar-refractivity contribution is -0.193. The Morgan fingerprint density at radius 3 is 2.54 bits per heavy atom. The summed E-state index contributed by atoms with van der Waals surface area (Å²) in [6.07, 6.45) is 0.962. The van der Waals surface area contributed by atoms with Gasteiger partial charge in [-0.1, -0.05) is 56.7 Å². The molecule has 0 radical (unpaired) electrons. The smallest absolute Gasteiger partial charge is 0.328 e. The molecule has 1 aliphatic carbocycles. The fraction of sp³-hybridized carbons (Fsp3) is 0.500. The van der Waals surface area contributed by atoms with Crippen molar-refractivity contribution in [3.05, 3.63) is 48.0 Å². The van der Waals surface area contributed by atoms with E-state index in [4.69, 9.17) is 15.2 Å². The topological polar surface area (TPSA) is 137 Å². The first-order valence-corrected chi connectivity index (χ1v) is 12.9. The van der Waals surface area contributed by atoms with E-state index in [0.29, 0.717) is 12.8 Å². The highest BCUT2D eigenvalue weighted by Crippen LogP contribution is 2.37. The third kappa shape index (κ3) is 6.28. The van der Waals surface area contributed by atoms with Crippen LogP contribution >= 0.6 is 0 Å². The molecular formula is C28H35N3O6. The number of nitrogens with two attached hydrogens (primary N) is 1. The molecule has 4 N–H and O–H groups in total. The van der Waals surface area contributed by atoms with Gasteiger partial charge in [-0.3, -0.25) is 14.4 Å². The number of hydrogen-bond donors (Lipinski definition) is 3. The lowest BCUT2D eigenvalue weighted by Gasteiger charge is -2.37. The first-order valence-electron chi connectivity index (χ1n) is 12.9. The molecule has 7 atom stereocenters. The molecule has 2 aromatic carbocycles. The van der Waals surface area contributed by atoms with Crippen molar-refractivity contribution >= 4 is 34.5 Å². The Hall–Kier alpha value is -3.46. The molecule has 2 aliphatic rings. The SMILES string of the molecule is CCC(C)C1C(=O)OC1C(=O)NC1CC1CC(NC(=O)C(C)N)C(=O)OCc1ccc2ccccc2c1. The third-order valence-corrected chi connectivity index (χ3v) is 7.36. The Bertz CT molecular complexity index is 1180. The number of ether oxygens (including phenoxy) is 2. The molecule has 1 heterocycles. The van der Waals surface area contributed by atoms with E-state index in [1.807, 2.05) is 56.3 Å². The van der Waals surface area contributed by atoms with E-state index in [9.17, 15) is 19.2 Å². The summed E-state index contributed by atoms with van der Waals surface area (Å²) in [6, 6.07) is 11.9. The van der Waals surface area contributed by atoms with Crippen LogP contribution in [0, 0.1) is 17.8 Å². The van der Waals surface area contributed by atoms with Crippen LogP contribution in [0.4, 0.5) is 0 Å². The van der Waals surface area contributed by atoms with E-state index in [2.05, 4.69) is 10.6 Å². The molecule has 2 amide bonds. The summed E-state index contributed by atoms with van der Waals surface area (Å²) >= 11 is 0. The van der Waals surface area contributed by atoms with Gasteiger partial charge in [-0.15, -0.1) is 0 Å². The number of nitrogens with one attached hydrogen (secondary N) is 2. The summed E-state index contributed by atoms with van der Waals surface area (Å²) in [7, 11) is 0.